The van der Waals surface area contributed by atoms with Crippen molar-refractivity contribution in [3.05, 3.63) is 71.7 Å². The molecule has 0 N–H and O–H groups in total. The second-order valence-corrected chi connectivity index (χ2v) is 9.59. The van der Waals surface area contributed by atoms with Gasteiger partial charge >= 0.3 is 0 Å². The number of imidazole rings is 1. The molecule has 32 heavy (non-hydrogen) atoms. The van der Waals surface area contributed by atoms with Crippen LogP contribution in [0.4, 0.5) is 0 Å². The first-order valence-electron chi connectivity index (χ1n) is 11.3. The molecule has 1 saturated carbocycles. The Bertz CT molecular complexity index is 1360. The first-order chi connectivity index (χ1) is 15.8. The van der Waals surface area contributed by atoms with Gasteiger partial charge in [-0.25, -0.2) is 4.98 Å². The van der Waals surface area contributed by atoms with Gasteiger partial charge in [-0.1, -0.05) is 30.4 Å². The van der Waals surface area contributed by atoms with Gasteiger partial charge in [0.15, 0.2) is 5.82 Å². The number of methoxy groups -OCH3 is 1. The summed E-state index contributed by atoms with van der Waals surface area (Å²) in [4.78, 5) is 5.13. The van der Waals surface area contributed by atoms with Gasteiger partial charge in [-0.2, -0.15) is 0 Å². The van der Waals surface area contributed by atoms with Crippen molar-refractivity contribution in [2.24, 2.45) is 5.92 Å². The normalized spacial score (nSPS) is 16.1. The van der Waals surface area contributed by atoms with Crippen LogP contribution in [0.25, 0.3) is 33.5 Å². The maximum absolute atomic E-state index is 5.74. The summed E-state index contributed by atoms with van der Waals surface area (Å²) in [5.41, 5.74) is 5.86. The minimum absolute atomic E-state index is 0.778. The van der Waals surface area contributed by atoms with Crippen molar-refractivity contribution in [2.75, 3.05) is 12.9 Å². The van der Waals surface area contributed by atoms with Gasteiger partial charge < -0.3 is 13.9 Å². The van der Waals surface area contributed by atoms with Crippen molar-refractivity contribution in [2.45, 2.75) is 32.4 Å². The van der Waals surface area contributed by atoms with Crippen LogP contribution in [0.2, 0.25) is 0 Å². The SMILES string of the molecule is COc1c[c]cc2nc(-c3cc4ccccc4n3CC3CC3)n(CCC3=CCSC=C3)c12. The number of ether oxygens (including phenoxy) is 1. The molecule has 1 radical (unpaired) electrons. The van der Waals surface area contributed by atoms with E-state index in [1.807, 2.05) is 23.9 Å². The van der Waals surface area contributed by atoms with Crippen LogP contribution in [0.5, 0.6) is 5.75 Å². The minimum atomic E-state index is 0.778. The summed E-state index contributed by atoms with van der Waals surface area (Å²) >= 11 is 1.84. The first kappa shape index (κ1) is 19.7. The highest BCUT2D eigenvalue weighted by molar-refractivity contribution is 8.02. The van der Waals surface area contributed by atoms with Gasteiger partial charge in [0.2, 0.25) is 0 Å². The standard InChI is InChI=1S/C27H26N3OS/c1-31-25-8-4-6-22-26(25)29(14-11-19-12-15-32-16-13-19)27(28-22)24-17-21-5-2-3-7-23(21)30(24)18-20-9-10-20/h2-3,5-8,12-13,15,17,20H,9-11,14,16,18H2,1H3. The van der Waals surface area contributed by atoms with Crippen LogP contribution in [0.15, 0.2) is 65.6 Å². The van der Waals surface area contributed by atoms with Crippen LogP contribution in [-0.2, 0) is 13.1 Å². The highest BCUT2D eigenvalue weighted by atomic mass is 32.2. The fraction of sp³-hybridized carbons (Fsp3) is 0.296. The summed E-state index contributed by atoms with van der Waals surface area (Å²) < 4.78 is 10.6. The van der Waals surface area contributed by atoms with E-state index in [0.717, 1.165) is 53.8 Å². The molecule has 161 valence electrons. The zero-order chi connectivity index (χ0) is 21.5. The highest BCUT2D eigenvalue weighted by Gasteiger charge is 2.26. The number of allylic oxidation sites excluding steroid dienone is 2. The van der Waals surface area contributed by atoms with Gasteiger partial charge in [0.1, 0.15) is 11.3 Å². The van der Waals surface area contributed by atoms with Gasteiger partial charge in [-0.05, 0) is 66.5 Å². The number of hydrogen-bond acceptors (Lipinski definition) is 3. The van der Waals surface area contributed by atoms with E-state index in [-0.39, 0.29) is 0 Å². The summed E-state index contributed by atoms with van der Waals surface area (Å²) in [5, 5.41) is 3.47. The number of rotatable bonds is 7. The smallest absolute Gasteiger partial charge is 0.157 e. The van der Waals surface area contributed by atoms with Crippen molar-refractivity contribution in [3.8, 4) is 17.3 Å². The Morgan fingerprint density at radius 3 is 2.91 bits per heavy atom. The van der Waals surface area contributed by atoms with E-state index in [4.69, 9.17) is 9.72 Å². The summed E-state index contributed by atoms with van der Waals surface area (Å²) in [6.07, 6.45) is 8.19. The highest BCUT2D eigenvalue weighted by Crippen LogP contribution is 2.38. The van der Waals surface area contributed by atoms with E-state index in [9.17, 15) is 0 Å². The van der Waals surface area contributed by atoms with Crippen molar-refractivity contribution in [1.82, 2.24) is 14.1 Å². The van der Waals surface area contributed by atoms with Crippen molar-refractivity contribution in [1.29, 1.82) is 0 Å². The molecule has 1 aliphatic carbocycles. The molecule has 5 heteroatoms. The molecule has 4 nitrogen and oxygen atoms in total. The van der Waals surface area contributed by atoms with Gasteiger partial charge in [0.05, 0.1) is 18.3 Å². The maximum atomic E-state index is 5.74. The fourth-order valence-electron chi connectivity index (χ4n) is 4.66. The van der Waals surface area contributed by atoms with Crippen LogP contribution >= 0.6 is 11.8 Å². The second kappa shape index (κ2) is 8.21. The van der Waals surface area contributed by atoms with E-state index in [1.165, 1.54) is 35.0 Å². The monoisotopic (exact) mass is 440 g/mol. The third kappa shape index (κ3) is 3.55. The number of nitrogens with zero attached hydrogens (tertiary/aromatic N) is 3. The van der Waals surface area contributed by atoms with Crippen LogP contribution in [0.3, 0.4) is 0 Å². The molecule has 3 heterocycles. The van der Waals surface area contributed by atoms with E-state index in [2.05, 4.69) is 63.1 Å². The van der Waals surface area contributed by atoms with Crippen LogP contribution in [-0.4, -0.2) is 27.0 Å². The maximum Gasteiger partial charge on any atom is 0.157 e. The minimum Gasteiger partial charge on any atom is -0.494 e. The molecule has 6 rings (SSSR count). The lowest BCUT2D eigenvalue weighted by Crippen LogP contribution is -2.08. The Morgan fingerprint density at radius 2 is 2.09 bits per heavy atom. The number of para-hydroxylation sites is 1. The third-order valence-corrected chi connectivity index (χ3v) is 7.19. The predicted octanol–water partition coefficient (Wildman–Crippen LogP) is 6.45. The van der Waals surface area contributed by atoms with Gasteiger partial charge in [0.25, 0.3) is 0 Å². The molecule has 4 aromatic rings. The molecule has 2 aliphatic rings. The second-order valence-electron chi connectivity index (χ2n) is 8.65. The molecule has 0 atom stereocenters. The van der Waals surface area contributed by atoms with E-state index < -0.39 is 0 Å². The Morgan fingerprint density at radius 1 is 1.19 bits per heavy atom. The molecule has 0 saturated heterocycles. The molecule has 1 aliphatic heterocycles. The summed E-state index contributed by atoms with van der Waals surface area (Å²) in [6.45, 7) is 1.92. The number of benzene rings is 2. The van der Waals surface area contributed by atoms with Crippen LogP contribution in [0, 0.1) is 12.0 Å². The van der Waals surface area contributed by atoms with Crippen molar-refractivity contribution in [3.63, 3.8) is 0 Å². The largest absolute Gasteiger partial charge is 0.494 e. The molecular formula is C27H26N3OS. The number of fused-ring (bicyclic) bond motifs is 2. The lowest BCUT2D eigenvalue weighted by atomic mass is 10.1. The average Bonchev–Trinajstić information content (AvgIpc) is 3.48. The topological polar surface area (TPSA) is 32.0 Å². The zero-order valence-corrected chi connectivity index (χ0v) is 19.1. The quantitative estimate of drug-likeness (QED) is 0.331. The molecule has 0 spiro atoms. The predicted molar refractivity (Wildman–Crippen MR) is 133 cm³/mol. The third-order valence-electron chi connectivity index (χ3n) is 6.50. The number of thioether (sulfide) groups is 1. The fourth-order valence-corrected chi connectivity index (χ4v) is 5.35. The Labute approximate surface area is 192 Å². The van der Waals surface area contributed by atoms with Gasteiger partial charge in [0, 0.05) is 29.7 Å². The number of aromatic nitrogens is 3. The Kier molecular flexibility index (Phi) is 5.07. The average molecular weight is 441 g/mol. The summed E-state index contributed by atoms with van der Waals surface area (Å²) in [7, 11) is 1.73. The number of hydrogen-bond donors (Lipinski definition) is 0. The van der Waals surface area contributed by atoms with Crippen LogP contribution in [0.1, 0.15) is 19.3 Å². The van der Waals surface area contributed by atoms with E-state index >= 15 is 0 Å². The molecular weight excluding hydrogens is 414 g/mol. The lowest BCUT2D eigenvalue weighted by Gasteiger charge is -2.15. The van der Waals surface area contributed by atoms with E-state index in [0.29, 0.717) is 0 Å². The first-order valence-corrected chi connectivity index (χ1v) is 12.4. The molecule has 0 unspecified atom stereocenters. The summed E-state index contributed by atoms with van der Waals surface area (Å²) in [6, 6.07) is 18.1. The lowest BCUT2D eigenvalue weighted by molar-refractivity contribution is 0.417. The number of aryl methyl sites for hydroxylation is 1. The van der Waals surface area contributed by atoms with Crippen molar-refractivity contribution >= 4 is 33.7 Å². The molecule has 0 amide bonds. The van der Waals surface area contributed by atoms with Crippen molar-refractivity contribution < 1.29 is 4.74 Å². The molecule has 2 aromatic carbocycles. The molecule has 0 bridgehead atoms. The molecule has 2 aromatic heterocycles. The summed E-state index contributed by atoms with van der Waals surface area (Å²) in [5.74, 6) is 3.68. The van der Waals surface area contributed by atoms with Gasteiger partial charge in [-0.15, -0.1) is 11.8 Å². The Hall–Kier alpha value is -2.92. The Balaban J connectivity index is 1.53. The molecule has 1 fully saturated rings. The van der Waals surface area contributed by atoms with E-state index in [1.54, 1.807) is 7.11 Å². The van der Waals surface area contributed by atoms with Gasteiger partial charge in [-0.3, -0.25) is 0 Å². The zero-order valence-electron chi connectivity index (χ0n) is 18.3. The van der Waals surface area contributed by atoms with Crippen LogP contribution < -0.4 is 4.74 Å².